The van der Waals surface area contributed by atoms with Crippen molar-refractivity contribution in [1.82, 2.24) is 0 Å². The highest BCUT2D eigenvalue weighted by Crippen LogP contribution is 2.45. The summed E-state index contributed by atoms with van der Waals surface area (Å²) in [7, 11) is 1.76. The van der Waals surface area contributed by atoms with Gasteiger partial charge < -0.3 is 10.5 Å². The van der Waals surface area contributed by atoms with E-state index in [1.54, 1.807) is 7.11 Å². The summed E-state index contributed by atoms with van der Waals surface area (Å²) < 4.78 is 5.58. The molecule has 0 unspecified atom stereocenters. The maximum absolute atomic E-state index is 6.31. The minimum atomic E-state index is -0.0557. The number of ether oxygens (including phenoxy) is 1. The molecule has 0 aromatic heterocycles. The Bertz CT molecular complexity index is 419. The molecule has 2 rings (SSSR count). The number of benzene rings is 1. The normalized spacial score (nSPS) is 17.3. The molecule has 94 valence electrons. The Morgan fingerprint density at radius 1 is 1.35 bits per heavy atom. The molecule has 0 amide bonds. The van der Waals surface area contributed by atoms with Gasteiger partial charge in [0.2, 0.25) is 0 Å². The zero-order chi connectivity index (χ0) is 12.6. The third-order valence-corrected chi connectivity index (χ3v) is 3.77. The van der Waals surface area contributed by atoms with Crippen LogP contribution in [0.2, 0.25) is 0 Å². The molecule has 1 aliphatic rings. The van der Waals surface area contributed by atoms with Gasteiger partial charge in [-0.1, -0.05) is 26.8 Å². The minimum Gasteiger partial charge on any atom is -0.496 e. The number of hydrogen-bond acceptors (Lipinski definition) is 2. The van der Waals surface area contributed by atoms with Crippen LogP contribution >= 0.6 is 0 Å². The highest BCUT2D eigenvalue weighted by molar-refractivity contribution is 5.49. The molecule has 1 saturated carbocycles. The topological polar surface area (TPSA) is 35.2 Å². The molecule has 0 radical (unpaired) electrons. The first-order chi connectivity index (χ1) is 8.01. The predicted octanol–water partition coefficient (Wildman–Crippen LogP) is 3.33. The fraction of sp³-hybridized carbons (Fsp3) is 0.600. The van der Waals surface area contributed by atoms with E-state index in [0.717, 1.165) is 25.0 Å². The van der Waals surface area contributed by atoms with Crippen molar-refractivity contribution < 1.29 is 4.74 Å². The molecule has 1 aromatic carbocycles. The molecule has 1 aliphatic carbocycles. The van der Waals surface area contributed by atoms with E-state index >= 15 is 0 Å². The standard InChI is InChI=1S/C15H23NO/c1-5-11-8-12(15(16)6-7-15)9-13(10(2)3)14(11)17-4/h8-10H,5-7,16H2,1-4H3. The van der Waals surface area contributed by atoms with Crippen molar-refractivity contribution in [1.29, 1.82) is 0 Å². The minimum absolute atomic E-state index is 0.0557. The zero-order valence-corrected chi connectivity index (χ0v) is 11.3. The van der Waals surface area contributed by atoms with Crippen LogP contribution in [0.25, 0.3) is 0 Å². The molecule has 2 N–H and O–H groups in total. The number of nitrogens with two attached hydrogens (primary N) is 1. The lowest BCUT2D eigenvalue weighted by atomic mass is 9.92. The molecular weight excluding hydrogens is 210 g/mol. The van der Waals surface area contributed by atoms with Crippen molar-refractivity contribution in [2.24, 2.45) is 5.73 Å². The largest absolute Gasteiger partial charge is 0.496 e. The van der Waals surface area contributed by atoms with Crippen molar-refractivity contribution in [3.63, 3.8) is 0 Å². The molecule has 17 heavy (non-hydrogen) atoms. The Balaban J connectivity index is 2.55. The highest BCUT2D eigenvalue weighted by Gasteiger charge is 2.40. The number of rotatable bonds is 4. The Morgan fingerprint density at radius 3 is 2.41 bits per heavy atom. The average molecular weight is 233 g/mol. The zero-order valence-electron chi connectivity index (χ0n) is 11.3. The third-order valence-electron chi connectivity index (χ3n) is 3.77. The van der Waals surface area contributed by atoms with Crippen molar-refractivity contribution in [2.75, 3.05) is 7.11 Å². The van der Waals surface area contributed by atoms with Gasteiger partial charge >= 0.3 is 0 Å². The second kappa shape index (κ2) is 4.34. The van der Waals surface area contributed by atoms with Gasteiger partial charge in [0.1, 0.15) is 5.75 Å². The molecule has 0 saturated heterocycles. The number of aryl methyl sites for hydroxylation is 1. The predicted molar refractivity (Wildman–Crippen MR) is 71.6 cm³/mol. The smallest absolute Gasteiger partial charge is 0.125 e. The Kier molecular flexibility index (Phi) is 3.17. The van der Waals surface area contributed by atoms with Crippen LogP contribution in [0.15, 0.2) is 12.1 Å². The lowest BCUT2D eigenvalue weighted by Gasteiger charge is -2.20. The summed E-state index contributed by atoms with van der Waals surface area (Å²) in [5, 5.41) is 0. The summed E-state index contributed by atoms with van der Waals surface area (Å²) in [5.74, 6) is 1.52. The van der Waals surface area contributed by atoms with Crippen LogP contribution in [-0.2, 0) is 12.0 Å². The SMILES string of the molecule is CCc1cc(C2(N)CC2)cc(C(C)C)c1OC. The summed E-state index contributed by atoms with van der Waals surface area (Å²) in [6.45, 7) is 6.58. The second-order valence-electron chi connectivity index (χ2n) is 5.42. The van der Waals surface area contributed by atoms with E-state index in [0.29, 0.717) is 5.92 Å². The molecule has 2 heteroatoms. The van der Waals surface area contributed by atoms with E-state index in [9.17, 15) is 0 Å². The summed E-state index contributed by atoms with van der Waals surface area (Å²) >= 11 is 0. The van der Waals surface area contributed by atoms with E-state index in [4.69, 9.17) is 10.5 Å². The average Bonchev–Trinajstić information content (AvgIpc) is 3.06. The molecule has 2 nitrogen and oxygen atoms in total. The van der Waals surface area contributed by atoms with Gasteiger partial charge in [0.15, 0.2) is 0 Å². The van der Waals surface area contributed by atoms with Crippen LogP contribution in [0, 0.1) is 0 Å². The highest BCUT2D eigenvalue weighted by atomic mass is 16.5. The van der Waals surface area contributed by atoms with Gasteiger partial charge in [0.05, 0.1) is 7.11 Å². The van der Waals surface area contributed by atoms with Crippen molar-refractivity contribution in [2.45, 2.75) is 51.5 Å². The monoisotopic (exact) mass is 233 g/mol. The van der Waals surface area contributed by atoms with Gasteiger partial charge in [-0.2, -0.15) is 0 Å². The van der Waals surface area contributed by atoms with Crippen LogP contribution in [0.3, 0.4) is 0 Å². The molecule has 1 fully saturated rings. The van der Waals surface area contributed by atoms with Crippen molar-refractivity contribution >= 4 is 0 Å². The molecule has 0 bridgehead atoms. The van der Waals surface area contributed by atoms with Crippen LogP contribution in [0.5, 0.6) is 5.75 Å². The first kappa shape index (κ1) is 12.4. The summed E-state index contributed by atoms with van der Waals surface area (Å²) in [5.41, 5.74) is 10.1. The van der Waals surface area contributed by atoms with E-state index in [1.165, 1.54) is 16.7 Å². The van der Waals surface area contributed by atoms with Crippen LogP contribution < -0.4 is 10.5 Å². The van der Waals surface area contributed by atoms with Crippen LogP contribution in [-0.4, -0.2) is 7.11 Å². The van der Waals surface area contributed by atoms with E-state index in [1.807, 2.05) is 0 Å². The summed E-state index contributed by atoms with van der Waals surface area (Å²) in [6.07, 6.45) is 3.22. The number of hydrogen-bond donors (Lipinski definition) is 1. The molecule has 0 spiro atoms. The third kappa shape index (κ3) is 2.19. The van der Waals surface area contributed by atoms with Gasteiger partial charge in [-0.05, 0) is 47.9 Å². The van der Waals surface area contributed by atoms with Gasteiger partial charge in [-0.25, -0.2) is 0 Å². The van der Waals surface area contributed by atoms with Gasteiger partial charge in [-0.3, -0.25) is 0 Å². The molecule has 0 atom stereocenters. The van der Waals surface area contributed by atoms with Gasteiger partial charge in [0.25, 0.3) is 0 Å². The summed E-state index contributed by atoms with van der Waals surface area (Å²) in [6, 6.07) is 4.48. The first-order valence-corrected chi connectivity index (χ1v) is 6.52. The molecule has 0 aliphatic heterocycles. The van der Waals surface area contributed by atoms with Gasteiger partial charge in [-0.15, -0.1) is 0 Å². The lowest BCUT2D eigenvalue weighted by Crippen LogP contribution is -2.19. The first-order valence-electron chi connectivity index (χ1n) is 6.52. The van der Waals surface area contributed by atoms with Crippen LogP contribution in [0.4, 0.5) is 0 Å². The molecule has 1 aromatic rings. The van der Waals surface area contributed by atoms with Crippen molar-refractivity contribution in [3.8, 4) is 5.75 Å². The fourth-order valence-corrected chi connectivity index (χ4v) is 2.36. The number of methoxy groups -OCH3 is 1. The maximum atomic E-state index is 6.31. The lowest BCUT2D eigenvalue weighted by molar-refractivity contribution is 0.402. The molecular formula is C15H23NO. The maximum Gasteiger partial charge on any atom is 0.125 e. The Morgan fingerprint density at radius 2 is 2.00 bits per heavy atom. The van der Waals surface area contributed by atoms with E-state index in [-0.39, 0.29) is 5.54 Å². The second-order valence-corrected chi connectivity index (χ2v) is 5.42. The fourth-order valence-electron chi connectivity index (χ4n) is 2.36. The van der Waals surface area contributed by atoms with Crippen molar-refractivity contribution in [3.05, 3.63) is 28.8 Å². The van der Waals surface area contributed by atoms with E-state index in [2.05, 4.69) is 32.9 Å². The Labute approximate surface area is 104 Å². The quantitative estimate of drug-likeness (QED) is 0.865. The molecule has 0 heterocycles. The summed E-state index contributed by atoms with van der Waals surface area (Å²) in [4.78, 5) is 0. The Hall–Kier alpha value is -1.02. The van der Waals surface area contributed by atoms with Crippen LogP contribution in [0.1, 0.15) is 56.2 Å². The van der Waals surface area contributed by atoms with E-state index < -0.39 is 0 Å². The van der Waals surface area contributed by atoms with Gasteiger partial charge in [0, 0.05) is 5.54 Å².